The van der Waals surface area contributed by atoms with Gasteiger partial charge in [-0.3, -0.25) is 0 Å². The van der Waals surface area contributed by atoms with Crippen LogP contribution in [0.1, 0.15) is 33.6 Å². The van der Waals surface area contributed by atoms with Crippen molar-refractivity contribution in [1.29, 1.82) is 5.26 Å². The molecule has 1 rings (SSSR count). The van der Waals surface area contributed by atoms with Crippen molar-refractivity contribution < 1.29 is 9.47 Å². The second-order valence-electron chi connectivity index (χ2n) is 3.52. The van der Waals surface area contributed by atoms with Crippen molar-refractivity contribution in [2.45, 2.75) is 51.6 Å². The Balaban J connectivity index is 2.60. The Kier molecular flexibility index (Phi) is 2.71. The Morgan fingerprint density at radius 1 is 1.50 bits per heavy atom. The molecule has 0 radical (unpaired) electrons. The van der Waals surface area contributed by atoms with E-state index in [-0.39, 0.29) is 12.2 Å². The summed E-state index contributed by atoms with van der Waals surface area (Å²) < 4.78 is 11.0. The molecule has 0 aliphatic carbocycles. The van der Waals surface area contributed by atoms with Gasteiger partial charge in [-0.1, -0.05) is 6.92 Å². The summed E-state index contributed by atoms with van der Waals surface area (Å²) in [4.78, 5) is 0. The highest BCUT2D eigenvalue weighted by Gasteiger charge is 2.34. The molecule has 2 atom stereocenters. The van der Waals surface area contributed by atoms with Crippen LogP contribution in [-0.4, -0.2) is 18.0 Å². The molecule has 0 aromatic carbocycles. The van der Waals surface area contributed by atoms with E-state index in [2.05, 4.69) is 13.0 Å². The Labute approximate surface area is 73.3 Å². The summed E-state index contributed by atoms with van der Waals surface area (Å²) >= 11 is 0. The fraction of sp³-hybridized carbons (Fsp3) is 0.889. The molecule has 1 heterocycles. The van der Waals surface area contributed by atoms with Crippen molar-refractivity contribution in [1.82, 2.24) is 0 Å². The van der Waals surface area contributed by atoms with Crippen LogP contribution in [0.15, 0.2) is 0 Å². The Morgan fingerprint density at radius 3 is 2.67 bits per heavy atom. The first-order valence-electron chi connectivity index (χ1n) is 4.32. The second-order valence-corrected chi connectivity index (χ2v) is 3.52. The van der Waals surface area contributed by atoms with Crippen molar-refractivity contribution in [3.8, 4) is 6.07 Å². The van der Waals surface area contributed by atoms with Crippen molar-refractivity contribution in [3.05, 3.63) is 0 Å². The van der Waals surface area contributed by atoms with Crippen LogP contribution in [0.5, 0.6) is 0 Å². The van der Waals surface area contributed by atoms with Gasteiger partial charge in [0.1, 0.15) is 6.10 Å². The maximum Gasteiger partial charge on any atom is 0.164 e. The number of nitriles is 1. The summed E-state index contributed by atoms with van der Waals surface area (Å²) in [5.41, 5.74) is 0. The highest BCUT2D eigenvalue weighted by Crippen LogP contribution is 2.27. The predicted octanol–water partition coefficient (Wildman–Crippen LogP) is 1.83. The van der Waals surface area contributed by atoms with Gasteiger partial charge < -0.3 is 9.47 Å². The van der Waals surface area contributed by atoms with Gasteiger partial charge in [0.25, 0.3) is 0 Å². The number of ether oxygens (including phenoxy) is 2. The molecule has 0 aromatic heterocycles. The topological polar surface area (TPSA) is 42.2 Å². The van der Waals surface area contributed by atoms with Gasteiger partial charge in [-0.25, -0.2) is 0 Å². The molecule has 0 aromatic rings. The summed E-state index contributed by atoms with van der Waals surface area (Å²) in [6.07, 6.45) is 1.48. The summed E-state index contributed by atoms with van der Waals surface area (Å²) in [6, 6.07) is 2.12. The lowest BCUT2D eigenvalue weighted by molar-refractivity contribution is -0.288. The minimum absolute atomic E-state index is 0.165. The zero-order chi connectivity index (χ0) is 9.19. The van der Waals surface area contributed by atoms with Crippen LogP contribution in [0.3, 0.4) is 0 Å². The van der Waals surface area contributed by atoms with E-state index in [1.54, 1.807) is 0 Å². The fourth-order valence-electron chi connectivity index (χ4n) is 1.44. The third-order valence-corrected chi connectivity index (χ3v) is 1.95. The van der Waals surface area contributed by atoms with Crippen LogP contribution in [0, 0.1) is 11.3 Å². The minimum atomic E-state index is -0.598. The van der Waals surface area contributed by atoms with E-state index >= 15 is 0 Å². The Morgan fingerprint density at radius 2 is 2.17 bits per heavy atom. The fourth-order valence-corrected chi connectivity index (χ4v) is 1.44. The molecule has 3 heteroatoms. The quantitative estimate of drug-likeness (QED) is 0.601. The van der Waals surface area contributed by atoms with Crippen molar-refractivity contribution >= 4 is 0 Å². The molecule has 0 bridgehead atoms. The normalized spacial score (nSPS) is 34.2. The third-order valence-electron chi connectivity index (χ3n) is 1.95. The average Bonchev–Trinajstić information content (AvgIpc) is 2.01. The maximum absolute atomic E-state index is 8.71. The number of hydrogen-bond donors (Lipinski definition) is 0. The summed E-state index contributed by atoms with van der Waals surface area (Å²) in [5, 5.41) is 8.71. The molecule has 1 aliphatic rings. The van der Waals surface area contributed by atoms with Crippen LogP contribution >= 0.6 is 0 Å². The van der Waals surface area contributed by atoms with Gasteiger partial charge in [0.15, 0.2) is 5.79 Å². The predicted molar refractivity (Wildman–Crippen MR) is 44.3 cm³/mol. The van der Waals surface area contributed by atoms with Gasteiger partial charge >= 0.3 is 0 Å². The van der Waals surface area contributed by atoms with E-state index in [4.69, 9.17) is 14.7 Å². The lowest BCUT2D eigenvalue weighted by Crippen LogP contribution is -2.43. The van der Waals surface area contributed by atoms with Crippen molar-refractivity contribution in [2.75, 3.05) is 0 Å². The number of nitrogens with zero attached hydrogens (tertiary/aromatic N) is 1. The molecule has 0 saturated carbocycles. The smallest absolute Gasteiger partial charge is 0.164 e. The minimum Gasteiger partial charge on any atom is -0.347 e. The molecule has 0 amide bonds. The third kappa shape index (κ3) is 2.20. The Bertz CT molecular complexity index is 195. The van der Waals surface area contributed by atoms with E-state index < -0.39 is 5.79 Å². The van der Waals surface area contributed by atoms with Gasteiger partial charge in [-0.15, -0.1) is 0 Å². The molecule has 0 spiro atoms. The highest BCUT2D eigenvalue weighted by atomic mass is 16.7. The number of rotatable bonds is 1. The van der Waals surface area contributed by atoms with E-state index in [9.17, 15) is 0 Å². The van der Waals surface area contributed by atoms with Gasteiger partial charge in [0, 0.05) is 6.42 Å². The summed E-state index contributed by atoms with van der Waals surface area (Å²) in [5.74, 6) is -0.598. The van der Waals surface area contributed by atoms with Crippen LogP contribution < -0.4 is 0 Å². The SMILES string of the molecule is CC[C@H]1CC(C#N)OC(C)(C)O1. The molecule has 1 unspecified atom stereocenters. The summed E-state index contributed by atoms with van der Waals surface area (Å²) in [6.45, 7) is 5.75. The average molecular weight is 169 g/mol. The van der Waals surface area contributed by atoms with Crippen molar-refractivity contribution in [3.63, 3.8) is 0 Å². The van der Waals surface area contributed by atoms with E-state index in [0.717, 1.165) is 6.42 Å². The van der Waals surface area contributed by atoms with Gasteiger partial charge in [-0.2, -0.15) is 5.26 Å². The van der Waals surface area contributed by atoms with Crippen LogP contribution in [0.4, 0.5) is 0 Å². The second kappa shape index (κ2) is 3.42. The van der Waals surface area contributed by atoms with Gasteiger partial charge in [0.2, 0.25) is 0 Å². The first kappa shape index (κ1) is 9.50. The zero-order valence-corrected chi connectivity index (χ0v) is 7.83. The number of hydrogen-bond acceptors (Lipinski definition) is 3. The molecule has 3 nitrogen and oxygen atoms in total. The molecule has 1 aliphatic heterocycles. The maximum atomic E-state index is 8.71. The molecular formula is C9H15NO2. The Hall–Kier alpha value is -0.590. The van der Waals surface area contributed by atoms with Crippen LogP contribution in [-0.2, 0) is 9.47 Å². The van der Waals surface area contributed by atoms with Crippen molar-refractivity contribution in [2.24, 2.45) is 0 Å². The molecule has 1 saturated heterocycles. The first-order chi connectivity index (χ1) is 5.57. The summed E-state index contributed by atoms with van der Waals surface area (Å²) in [7, 11) is 0. The standard InChI is InChI=1S/C9H15NO2/c1-4-7-5-8(6-10)12-9(2,3)11-7/h7-8H,4-5H2,1-3H3/t7-,8?/m0/s1. The first-order valence-corrected chi connectivity index (χ1v) is 4.32. The van der Waals surface area contributed by atoms with E-state index in [0.29, 0.717) is 6.42 Å². The van der Waals surface area contributed by atoms with Crippen LogP contribution in [0.25, 0.3) is 0 Å². The largest absolute Gasteiger partial charge is 0.347 e. The van der Waals surface area contributed by atoms with E-state index in [1.807, 2.05) is 13.8 Å². The van der Waals surface area contributed by atoms with Gasteiger partial charge in [0.05, 0.1) is 12.2 Å². The van der Waals surface area contributed by atoms with Crippen LogP contribution in [0.2, 0.25) is 0 Å². The molecule has 68 valence electrons. The highest BCUT2D eigenvalue weighted by molar-refractivity contribution is 4.90. The van der Waals surface area contributed by atoms with Gasteiger partial charge in [-0.05, 0) is 20.3 Å². The lowest BCUT2D eigenvalue weighted by atomic mass is 10.1. The molecule has 12 heavy (non-hydrogen) atoms. The molecular weight excluding hydrogens is 154 g/mol. The molecule has 1 fully saturated rings. The zero-order valence-electron chi connectivity index (χ0n) is 7.83. The monoisotopic (exact) mass is 169 g/mol. The molecule has 0 N–H and O–H groups in total. The lowest BCUT2D eigenvalue weighted by Gasteiger charge is -2.38. The van der Waals surface area contributed by atoms with E-state index in [1.165, 1.54) is 0 Å².